The number of carbonyl (C=O) groups is 1. The Morgan fingerprint density at radius 3 is 2.61 bits per heavy atom. The molecule has 7 heteroatoms. The first-order chi connectivity index (χ1) is 16.0. The van der Waals surface area contributed by atoms with Crippen LogP contribution in [0, 0.1) is 0 Å². The smallest absolute Gasteiger partial charge is 0.328 e. The van der Waals surface area contributed by atoms with Crippen molar-refractivity contribution in [2.45, 2.75) is 29.9 Å². The summed E-state index contributed by atoms with van der Waals surface area (Å²) in [5.74, 6) is 1.09. The van der Waals surface area contributed by atoms with E-state index in [1.54, 1.807) is 18.9 Å². The summed E-state index contributed by atoms with van der Waals surface area (Å²) < 4.78 is 12.2. The predicted molar refractivity (Wildman–Crippen MR) is 136 cm³/mol. The van der Waals surface area contributed by atoms with Crippen molar-refractivity contribution < 1.29 is 19.4 Å². The van der Waals surface area contributed by atoms with Crippen LogP contribution in [-0.2, 0) is 17.0 Å². The second-order valence-corrected chi connectivity index (χ2v) is 9.10. The first-order valence-electron chi connectivity index (χ1n) is 10.6. The summed E-state index contributed by atoms with van der Waals surface area (Å²) in [6, 6.07) is 19.9. The van der Waals surface area contributed by atoms with Crippen molar-refractivity contribution in [3.8, 4) is 11.5 Å². The molecular formula is C26H26BrNO4S. The van der Waals surface area contributed by atoms with Gasteiger partial charge in [0, 0.05) is 21.2 Å². The second kappa shape index (κ2) is 13.1. The number of benzene rings is 2. The fourth-order valence-corrected chi connectivity index (χ4v) is 4.57. The van der Waals surface area contributed by atoms with Gasteiger partial charge in [-0.3, -0.25) is 0 Å². The summed E-state index contributed by atoms with van der Waals surface area (Å²) in [7, 11) is 1.66. The molecule has 0 spiro atoms. The summed E-state index contributed by atoms with van der Waals surface area (Å²) in [5, 5.41) is 9.03. The fourth-order valence-electron chi connectivity index (χ4n) is 3.10. The zero-order valence-corrected chi connectivity index (χ0v) is 20.8. The molecule has 172 valence electrons. The zero-order valence-electron chi connectivity index (χ0n) is 18.4. The van der Waals surface area contributed by atoms with Gasteiger partial charge >= 0.3 is 5.97 Å². The van der Waals surface area contributed by atoms with Gasteiger partial charge in [0.2, 0.25) is 0 Å². The van der Waals surface area contributed by atoms with E-state index < -0.39 is 5.97 Å². The van der Waals surface area contributed by atoms with Gasteiger partial charge in [0.15, 0.2) is 0 Å². The number of unbranched alkanes of at least 4 members (excludes halogenated alkanes) is 1. The number of nitrogens with zero attached hydrogens (tertiary/aromatic N) is 1. The van der Waals surface area contributed by atoms with E-state index in [4.69, 9.17) is 14.6 Å². The molecule has 0 aliphatic rings. The Labute approximate surface area is 207 Å². The number of rotatable bonds is 12. The van der Waals surface area contributed by atoms with Gasteiger partial charge in [0.25, 0.3) is 0 Å². The molecule has 1 aromatic heterocycles. The molecule has 3 rings (SSSR count). The molecule has 0 aliphatic carbocycles. The van der Waals surface area contributed by atoms with Gasteiger partial charge in [0.1, 0.15) is 17.2 Å². The Morgan fingerprint density at radius 2 is 1.88 bits per heavy atom. The van der Waals surface area contributed by atoms with Crippen LogP contribution in [0.2, 0.25) is 0 Å². The third kappa shape index (κ3) is 8.26. The Balaban J connectivity index is 1.56. The molecule has 0 saturated heterocycles. The lowest BCUT2D eigenvalue weighted by Gasteiger charge is -2.11. The number of methoxy groups -OCH3 is 1. The summed E-state index contributed by atoms with van der Waals surface area (Å²) in [6.07, 6.45) is 5.41. The number of thioether (sulfide) groups is 1. The Hall–Kier alpha value is -2.77. The molecule has 0 bridgehead atoms. The van der Waals surface area contributed by atoms with Gasteiger partial charge < -0.3 is 14.6 Å². The van der Waals surface area contributed by atoms with Crippen LogP contribution in [0.25, 0.3) is 6.08 Å². The van der Waals surface area contributed by atoms with Crippen LogP contribution in [0.1, 0.15) is 29.8 Å². The average molecular weight is 528 g/mol. The van der Waals surface area contributed by atoms with E-state index in [2.05, 4.69) is 33.0 Å². The number of aliphatic carboxylic acids is 1. The number of hydrogen-bond acceptors (Lipinski definition) is 5. The first kappa shape index (κ1) is 24.9. The maximum Gasteiger partial charge on any atom is 0.328 e. The molecule has 1 N–H and O–H groups in total. The molecule has 0 saturated carbocycles. The molecule has 0 atom stereocenters. The van der Waals surface area contributed by atoms with E-state index in [9.17, 15) is 4.79 Å². The standard InChI is InChI=1S/C26H26BrNO4S/c1-31-21-12-9-19(10-13-21)6-4-5-17-32-24-15-11-20(28-23(24)14-16-26(29)30)18-33-25-8-3-2-7-22(25)27/h2-3,7-16H,4-6,17-18H2,1H3,(H,29,30). The number of ether oxygens (including phenoxy) is 2. The van der Waals surface area contributed by atoms with Crippen LogP contribution in [0.4, 0.5) is 0 Å². The van der Waals surface area contributed by atoms with Crippen molar-refractivity contribution >= 4 is 39.7 Å². The molecule has 0 amide bonds. The molecule has 0 fully saturated rings. The van der Waals surface area contributed by atoms with E-state index in [0.29, 0.717) is 23.8 Å². The van der Waals surface area contributed by atoms with E-state index >= 15 is 0 Å². The van der Waals surface area contributed by atoms with Gasteiger partial charge in [-0.05, 0) is 83.2 Å². The monoisotopic (exact) mass is 527 g/mol. The molecular weight excluding hydrogens is 502 g/mol. The zero-order chi connectivity index (χ0) is 23.5. The summed E-state index contributed by atoms with van der Waals surface area (Å²) in [5.41, 5.74) is 2.64. The second-order valence-electron chi connectivity index (χ2n) is 7.23. The lowest BCUT2D eigenvalue weighted by Crippen LogP contribution is -2.02. The van der Waals surface area contributed by atoms with Gasteiger partial charge in [-0.1, -0.05) is 24.3 Å². The van der Waals surface area contributed by atoms with Crippen molar-refractivity contribution in [3.05, 3.63) is 88.2 Å². The summed E-state index contributed by atoms with van der Waals surface area (Å²) in [4.78, 5) is 16.8. The van der Waals surface area contributed by atoms with Crippen molar-refractivity contribution in [1.29, 1.82) is 0 Å². The minimum absolute atomic E-state index is 0.526. The summed E-state index contributed by atoms with van der Waals surface area (Å²) in [6.45, 7) is 0.538. The molecule has 3 aromatic rings. The third-order valence-corrected chi connectivity index (χ3v) is 6.88. The lowest BCUT2D eigenvalue weighted by atomic mass is 10.1. The molecule has 0 radical (unpaired) electrons. The minimum Gasteiger partial charge on any atom is -0.497 e. The highest BCUT2D eigenvalue weighted by Crippen LogP contribution is 2.30. The highest BCUT2D eigenvalue weighted by Gasteiger charge is 2.08. The van der Waals surface area contributed by atoms with Crippen LogP contribution in [0.3, 0.4) is 0 Å². The molecule has 1 heterocycles. The van der Waals surface area contributed by atoms with Crippen LogP contribution in [-0.4, -0.2) is 29.8 Å². The lowest BCUT2D eigenvalue weighted by molar-refractivity contribution is -0.131. The van der Waals surface area contributed by atoms with Crippen LogP contribution >= 0.6 is 27.7 Å². The quantitative estimate of drug-likeness (QED) is 0.161. The molecule has 5 nitrogen and oxygen atoms in total. The highest BCUT2D eigenvalue weighted by atomic mass is 79.9. The first-order valence-corrected chi connectivity index (χ1v) is 12.4. The maximum atomic E-state index is 11.0. The van der Waals surface area contributed by atoms with Crippen molar-refractivity contribution in [2.24, 2.45) is 0 Å². The van der Waals surface area contributed by atoms with Gasteiger partial charge in [-0.2, -0.15) is 0 Å². The van der Waals surface area contributed by atoms with Crippen LogP contribution in [0.5, 0.6) is 11.5 Å². The van der Waals surface area contributed by atoms with Crippen molar-refractivity contribution in [1.82, 2.24) is 4.98 Å². The number of pyridine rings is 1. The SMILES string of the molecule is COc1ccc(CCCCOc2ccc(CSc3ccccc3Br)nc2C=CC(=O)O)cc1. The van der Waals surface area contributed by atoms with Crippen LogP contribution < -0.4 is 9.47 Å². The fraction of sp³-hybridized carbons (Fsp3) is 0.231. The van der Waals surface area contributed by atoms with Crippen molar-refractivity contribution in [3.63, 3.8) is 0 Å². The normalized spacial score (nSPS) is 11.0. The summed E-state index contributed by atoms with van der Waals surface area (Å²) >= 11 is 5.22. The molecule has 0 unspecified atom stereocenters. The Kier molecular flexibility index (Phi) is 9.84. The number of aromatic nitrogens is 1. The maximum absolute atomic E-state index is 11.0. The third-order valence-electron chi connectivity index (χ3n) is 4.82. The van der Waals surface area contributed by atoms with E-state index in [-0.39, 0.29) is 0 Å². The topological polar surface area (TPSA) is 68.7 Å². The highest BCUT2D eigenvalue weighted by molar-refractivity contribution is 9.10. The number of hydrogen-bond donors (Lipinski definition) is 1. The number of halogens is 1. The number of carboxylic acids is 1. The molecule has 2 aromatic carbocycles. The van der Waals surface area contributed by atoms with E-state index in [1.807, 2.05) is 48.5 Å². The van der Waals surface area contributed by atoms with E-state index in [1.165, 1.54) is 11.6 Å². The van der Waals surface area contributed by atoms with E-state index in [0.717, 1.165) is 46.2 Å². The molecule has 33 heavy (non-hydrogen) atoms. The largest absolute Gasteiger partial charge is 0.497 e. The molecule has 0 aliphatic heterocycles. The Bertz CT molecular complexity index is 1090. The van der Waals surface area contributed by atoms with Gasteiger partial charge in [-0.25, -0.2) is 9.78 Å². The number of carboxylic acid groups (broad SMARTS) is 1. The predicted octanol–water partition coefficient (Wildman–Crippen LogP) is 6.64. The Morgan fingerprint density at radius 1 is 1.09 bits per heavy atom. The van der Waals surface area contributed by atoms with Gasteiger partial charge in [-0.15, -0.1) is 11.8 Å². The van der Waals surface area contributed by atoms with Crippen molar-refractivity contribution in [2.75, 3.05) is 13.7 Å². The van der Waals surface area contributed by atoms with Crippen LogP contribution in [0.15, 0.2) is 76.1 Å². The van der Waals surface area contributed by atoms with Gasteiger partial charge in [0.05, 0.1) is 19.4 Å². The number of aryl methyl sites for hydroxylation is 1. The average Bonchev–Trinajstić information content (AvgIpc) is 2.83. The minimum atomic E-state index is -1.02.